The van der Waals surface area contributed by atoms with Crippen molar-refractivity contribution >= 4 is 28.5 Å². The molecule has 3 aromatic rings. The Morgan fingerprint density at radius 2 is 1.91 bits per heavy atom. The number of carbonyl (C=O) groups excluding carboxylic acids is 1. The van der Waals surface area contributed by atoms with Crippen molar-refractivity contribution in [2.24, 2.45) is 0 Å². The maximum atomic E-state index is 13.1. The molecule has 0 radical (unpaired) electrons. The van der Waals surface area contributed by atoms with E-state index in [0.717, 1.165) is 0 Å². The summed E-state index contributed by atoms with van der Waals surface area (Å²) in [6.07, 6.45) is 0. The highest BCUT2D eigenvalue weighted by molar-refractivity contribution is 6.31. The second kappa shape index (κ2) is 5.35. The lowest BCUT2D eigenvalue weighted by Crippen LogP contribution is -2.09. The molecule has 1 heterocycles. The van der Waals surface area contributed by atoms with E-state index in [1.165, 1.54) is 35.9 Å². The van der Waals surface area contributed by atoms with Crippen molar-refractivity contribution in [1.29, 1.82) is 0 Å². The van der Waals surface area contributed by atoms with Gasteiger partial charge in [0.15, 0.2) is 11.4 Å². The molecular formula is C16H11ClFNO3. The van der Waals surface area contributed by atoms with Crippen LogP contribution in [0.3, 0.4) is 0 Å². The number of nitrogens with zero attached hydrogens (tertiary/aromatic N) is 1. The highest BCUT2D eigenvalue weighted by atomic mass is 35.5. The van der Waals surface area contributed by atoms with Crippen LogP contribution in [0, 0.1) is 5.82 Å². The largest absolute Gasteiger partial charge is 0.505 e. The highest BCUT2D eigenvalue weighted by Crippen LogP contribution is 2.36. The number of aromatic nitrogens is 1. The SMILES string of the molecule is COC(=O)c1c(O)c2ccc(Cl)cc2n1-c1ccc(F)cc1. The number of hydrogen-bond acceptors (Lipinski definition) is 3. The van der Waals surface area contributed by atoms with Gasteiger partial charge in [-0.1, -0.05) is 11.6 Å². The zero-order valence-corrected chi connectivity index (χ0v) is 12.3. The summed E-state index contributed by atoms with van der Waals surface area (Å²) in [6, 6.07) is 10.4. The fourth-order valence-corrected chi connectivity index (χ4v) is 2.55. The van der Waals surface area contributed by atoms with Crippen molar-refractivity contribution in [3.05, 3.63) is 59.0 Å². The van der Waals surface area contributed by atoms with Crippen LogP contribution in [0.1, 0.15) is 10.5 Å². The van der Waals surface area contributed by atoms with Crippen LogP contribution in [0.25, 0.3) is 16.6 Å². The molecule has 1 aromatic heterocycles. The summed E-state index contributed by atoms with van der Waals surface area (Å²) in [7, 11) is 1.22. The van der Waals surface area contributed by atoms with Gasteiger partial charge in [-0.15, -0.1) is 0 Å². The van der Waals surface area contributed by atoms with Gasteiger partial charge >= 0.3 is 5.97 Å². The fourth-order valence-electron chi connectivity index (χ4n) is 2.39. The van der Waals surface area contributed by atoms with Crippen LogP contribution in [-0.4, -0.2) is 22.8 Å². The number of rotatable bonds is 2. The Labute approximate surface area is 130 Å². The second-order valence-corrected chi connectivity index (χ2v) is 5.10. The number of fused-ring (bicyclic) bond motifs is 1. The summed E-state index contributed by atoms with van der Waals surface area (Å²) < 4.78 is 19.4. The second-order valence-electron chi connectivity index (χ2n) is 4.66. The van der Waals surface area contributed by atoms with E-state index in [9.17, 15) is 14.3 Å². The van der Waals surface area contributed by atoms with Crippen LogP contribution in [0.5, 0.6) is 5.75 Å². The number of ether oxygens (including phenoxy) is 1. The van der Waals surface area contributed by atoms with E-state index in [4.69, 9.17) is 16.3 Å². The molecule has 1 N–H and O–H groups in total. The molecule has 0 aliphatic carbocycles. The van der Waals surface area contributed by atoms with Gasteiger partial charge in [0.05, 0.1) is 12.6 Å². The van der Waals surface area contributed by atoms with Crippen LogP contribution in [0.15, 0.2) is 42.5 Å². The average Bonchev–Trinajstić information content (AvgIpc) is 2.80. The Hall–Kier alpha value is -2.53. The molecule has 112 valence electrons. The number of aromatic hydroxyl groups is 1. The minimum Gasteiger partial charge on any atom is -0.505 e. The maximum absolute atomic E-state index is 13.1. The average molecular weight is 320 g/mol. The molecule has 0 aliphatic heterocycles. The molecule has 0 spiro atoms. The predicted octanol–water partition coefficient (Wildman–Crippen LogP) is 3.92. The highest BCUT2D eigenvalue weighted by Gasteiger charge is 2.24. The van der Waals surface area contributed by atoms with Crippen LogP contribution in [-0.2, 0) is 4.74 Å². The minimum absolute atomic E-state index is 0.0358. The molecule has 4 nitrogen and oxygen atoms in total. The topological polar surface area (TPSA) is 51.5 Å². The number of methoxy groups -OCH3 is 1. The molecule has 2 aromatic carbocycles. The first kappa shape index (κ1) is 14.4. The quantitative estimate of drug-likeness (QED) is 0.728. The molecule has 0 amide bonds. The lowest BCUT2D eigenvalue weighted by atomic mass is 10.2. The summed E-state index contributed by atoms with van der Waals surface area (Å²) in [5.41, 5.74) is 0.998. The van der Waals surface area contributed by atoms with Gasteiger partial charge in [0, 0.05) is 16.1 Å². The standard InChI is InChI=1S/C16H11ClFNO3/c1-22-16(21)14-15(20)12-7-2-9(17)8-13(12)19(14)11-5-3-10(18)4-6-11/h2-8,20H,1H3. The maximum Gasteiger partial charge on any atom is 0.358 e. The van der Waals surface area contributed by atoms with Gasteiger partial charge in [-0.3, -0.25) is 0 Å². The molecule has 0 bridgehead atoms. The molecule has 0 fully saturated rings. The number of esters is 1. The number of halogens is 2. The van der Waals surface area contributed by atoms with E-state index in [1.807, 2.05) is 0 Å². The number of benzene rings is 2. The van der Waals surface area contributed by atoms with Crippen molar-refractivity contribution in [2.45, 2.75) is 0 Å². The Morgan fingerprint density at radius 1 is 1.23 bits per heavy atom. The number of hydrogen-bond donors (Lipinski definition) is 1. The van der Waals surface area contributed by atoms with Gasteiger partial charge in [0.2, 0.25) is 0 Å². The molecule has 0 unspecified atom stereocenters. The van der Waals surface area contributed by atoms with Crippen molar-refractivity contribution in [1.82, 2.24) is 4.57 Å². The summed E-state index contributed by atoms with van der Waals surface area (Å²) in [5, 5.41) is 11.2. The lowest BCUT2D eigenvalue weighted by molar-refractivity contribution is 0.0588. The van der Waals surface area contributed by atoms with Crippen molar-refractivity contribution < 1.29 is 19.0 Å². The molecule has 6 heteroatoms. The van der Waals surface area contributed by atoms with Gasteiger partial charge in [0.25, 0.3) is 0 Å². The molecule has 0 saturated heterocycles. The molecule has 0 saturated carbocycles. The summed E-state index contributed by atoms with van der Waals surface area (Å²) >= 11 is 6.01. The van der Waals surface area contributed by atoms with Gasteiger partial charge in [0.1, 0.15) is 5.82 Å². The minimum atomic E-state index is -0.700. The first-order valence-corrected chi connectivity index (χ1v) is 6.78. The van der Waals surface area contributed by atoms with Crippen LogP contribution < -0.4 is 0 Å². The van der Waals surface area contributed by atoms with E-state index in [0.29, 0.717) is 21.6 Å². The summed E-state index contributed by atoms with van der Waals surface area (Å²) in [6.45, 7) is 0. The van der Waals surface area contributed by atoms with E-state index in [2.05, 4.69) is 0 Å². The molecule has 0 aliphatic rings. The van der Waals surface area contributed by atoms with Crippen LogP contribution in [0.4, 0.5) is 4.39 Å². The molecule has 3 rings (SSSR count). The van der Waals surface area contributed by atoms with Crippen molar-refractivity contribution in [2.75, 3.05) is 7.11 Å². The van der Waals surface area contributed by atoms with Crippen LogP contribution >= 0.6 is 11.6 Å². The smallest absolute Gasteiger partial charge is 0.358 e. The molecule has 0 atom stereocenters. The summed E-state index contributed by atoms with van der Waals surface area (Å²) in [4.78, 5) is 12.0. The Balaban J connectivity index is 2.41. The first-order chi connectivity index (χ1) is 10.5. The monoisotopic (exact) mass is 319 g/mol. The van der Waals surface area contributed by atoms with E-state index in [1.54, 1.807) is 18.2 Å². The fraction of sp³-hybridized carbons (Fsp3) is 0.0625. The predicted molar refractivity (Wildman–Crippen MR) is 81.2 cm³/mol. The van der Waals surface area contributed by atoms with Crippen LogP contribution in [0.2, 0.25) is 5.02 Å². The first-order valence-electron chi connectivity index (χ1n) is 6.40. The molecular weight excluding hydrogens is 309 g/mol. The Kier molecular flexibility index (Phi) is 3.50. The Morgan fingerprint density at radius 3 is 2.55 bits per heavy atom. The third-order valence-corrected chi connectivity index (χ3v) is 3.60. The van der Waals surface area contributed by atoms with E-state index >= 15 is 0 Å². The van der Waals surface area contributed by atoms with Gasteiger partial charge in [-0.25, -0.2) is 9.18 Å². The van der Waals surface area contributed by atoms with Gasteiger partial charge in [-0.05, 0) is 42.5 Å². The normalized spacial score (nSPS) is 10.9. The molecule has 22 heavy (non-hydrogen) atoms. The van der Waals surface area contributed by atoms with E-state index < -0.39 is 11.8 Å². The third kappa shape index (κ3) is 2.19. The summed E-state index contributed by atoms with van der Waals surface area (Å²) in [5.74, 6) is -1.31. The third-order valence-electron chi connectivity index (χ3n) is 3.37. The van der Waals surface area contributed by atoms with Gasteiger partial charge < -0.3 is 14.4 Å². The zero-order valence-electron chi connectivity index (χ0n) is 11.5. The van der Waals surface area contributed by atoms with E-state index in [-0.39, 0.29) is 11.4 Å². The Bertz CT molecular complexity index is 871. The number of carbonyl (C=O) groups is 1. The lowest BCUT2D eigenvalue weighted by Gasteiger charge is -2.09. The zero-order chi connectivity index (χ0) is 15.9. The van der Waals surface area contributed by atoms with Gasteiger partial charge in [-0.2, -0.15) is 0 Å². The van der Waals surface area contributed by atoms with Crippen molar-refractivity contribution in [3.8, 4) is 11.4 Å². The van der Waals surface area contributed by atoms with Crippen molar-refractivity contribution in [3.63, 3.8) is 0 Å².